The van der Waals surface area contributed by atoms with Crippen LogP contribution in [-0.2, 0) is 0 Å². The molecule has 0 amide bonds. The highest BCUT2D eigenvalue weighted by molar-refractivity contribution is 5.95. The first-order valence-corrected chi connectivity index (χ1v) is 7.71. The Bertz CT molecular complexity index is 1120. The van der Waals surface area contributed by atoms with E-state index in [2.05, 4.69) is 49.4 Å². The molecule has 0 aliphatic rings. The molecule has 114 valence electrons. The Balaban J connectivity index is 1.71. The molecule has 5 nitrogen and oxygen atoms in total. The number of benzene rings is 1. The summed E-state index contributed by atoms with van der Waals surface area (Å²) in [5.74, 6) is 0. The SMILES string of the molecule is c1cncc(-c2cnc3n[nH]c(-c4cc5ccccc5[nH]4)c3c2)c1. The summed E-state index contributed by atoms with van der Waals surface area (Å²) in [5, 5.41) is 9.60. The second-order valence-corrected chi connectivity index (χ2v) is 5.71. The van der Waals surface area contributed by atoms with Crippen LogP contribution in [0.1, 0.15) is 0 Å². The molecule has 24 heavy (non-hydrogen) atoms. The van der Waals surface area contributed by atoms with Crippen molar-refractivity contribution in [2.45, 2.75) is 0 Å². The maximum atomic E-state index is 4.47. The van der Waals surface area contributed by atoms with Crippen molar-refractivity contribution in [2.24, 2.45) is 0 Å². The van der Waals surface area contributed by atoms with Crippen LogP contribution >= 0.6 is 0 Å². The van der Waals surface area contributed by atoms with Gasteiger partial charge in [0.1, 0.15) is 0 Å². The van der Waals surface area contributed by atoms with Crippen LogP contribution < -0.4 is 0 Å². The second kappa shape index (κ2) is 5.03. The molecule has 0 aliphatic carbocycles. The Hall–Kier alpha value is -3.47. The zero-order valence-corrected chi connectivity index (χ0v) is 12.7. The molecule has 4 aromatic heterocycles. The van der Waals surface area contributed by atoms with Gasteiger partial charge in [0.2, 0.25) is 0 Å². The van der Waals surface area contributed by atoms with E-state index in [1.807, 2.05) is 36.7 Å². The Kier molecular flexibility index (Phi) is 2.72. The van der Waals surface area contributed by atoms with Gasteiger partial charge in [-0.05, 0) is 24.3 Å². The molecular formula is C19H13N5. The average Bonchev–Trinajstić information content (AvgIpc) is 3.25. The summed E-state index contributed by atoms with van der Waals surface area (Å²) < 4.78 is 0. The van der Waals surface area contributed by atoms with E-state index in [-0.39, 0.29) is 0 Å². The first-order valence-electron chi connectivity index (χ1n) is 7.71. The maximum absolute atomic E-state index is 4.47. The van der Waals surface area contributed by atoms with Crippen LogP contribution in [0, 0.1) is 0 Å². The highest BCUT2D eigenvalue weighted by Gasteiger charge is 2.12. The molecule has 5 heteroatoms. The van der Waals surface area contributed by atoms with Gasteiger partial charge < -0.3 is 4.98 Å². The van der Waals surface area contributed by atoms with Gasteiger partial charge in [0.15, 0.2) is 5.65 Å². The predicted octanol–water partition coefficient (Wildman–Crippen LogP) is 4.17. The van der Waals surface area contributed by atoms with Crippen molar-refractivity contribution < 1.29 is 0 Å². The number of pyridine rings is 2. The third kappa shape index (κ3) is 1.99. The van der Waals surface area contributed by atoms with E-state index >= 15 is 0 Å². The lowest BCUT2D eigenvalue weighted by Gasteiger charge is -2.01. The highest BCUT2D eigenvalue weighted by atomic mass is 15.2. The number of aromatic nitrogens is 5. The lowest BCUT2D eigenvalue weighted by molar-refractivity contribution is 1.10. The molecule has 0 saturated carbocycles. The molecule has 1 aromatic carbocycles. The number of nitrogens with one attached hydrogen (secondary N) is 2. The molecule has 5 rings (SSSR count). The smallest absolute Gasteiger partial charge is 0.181 e. The van der Waals surface area contributed by atoms with E-state index in [0.29, 0.717) is 5.65 Å². The fraction of sp³-hybridized carbons (Fsp3) is 0. The van der Waals surface area contributed by atoms with E-state index in [9.17, 15) is 0 Å². The first kappa shape index (κ1) is 13.0. The minimum absolute atomic E-state index is 0.705. The number of para-hydroxylation sites is 1. The standard InChI is InChI=1S/C19H13N5/c1-2-6-16-12(4-1)9-17(22-16)18-15-8-14(11-21-19(15)24-23-18)13-5-3-7-20-10-13/h1-11,22H,(H,21,23,24). The van der Waals surface area contributed by atoms with Gasteiger partial charge in [-0.2, -0.15) is 5.10 Å². The largest absolute Gasteiger partial charge is 0.353 e. The summed E-state index contributed by atoms with van der Waals surface area (Å²) in [4.78, 5) is 12.1. The van der Waals surface area contributed by atoms with Crippen molar-refractivity contribution in [3.63, 3.8) is 0 Å². The average molecular weight is 311 g/mol. The zero-order valence-electron chi connectivity index (χ0n) is 12.7. The molecule has 0 spiro atoms. The first-order chi connectivity index (χ1) is 11.9. The van der Waals surface area contributed by atoms with E-state index in [0.717, 1.165) is 33.4 Å². The quantitative estimate of drug-likeness (QED) is 0.514. The van der Waals surface area contributed by atoms with Gasteiger partial charge in [-0.15, -0.1) is 0 Å². The minimum atomic E-state index is 0.705. The second-order valence-electron chi connectivity index (χ2n) is 5.71. The van der Waals surface area contributed by atoms with Crippen LogP contribution in [0.2, 0.25) is 0 Å². The van der Waals surface area contributed by atoms with Crippen molar-refractivity contribution in [3.05, 3.63) is 67.1 Å². The molecule has 0 bridgehead atoms. The van der Waals surface area contributed by atoms with Crippen LogP contribution in [0.4, 0.5) is 0 Å². The van der Waals surface area contributed by atoms with Crippen LogP contribution in [0.15, 0.2) is 67.1 Å². The van der Waals surface area contributed by atoms with Crippen molar-refractivity contribution >= 4 is 21.9 Å². The van der Waals surface area contributed by atoms with Crippen LogP contribution in [0.25, 0.3) is 44.5 Å². The summed E-state index contributed by atoms with van der Waals surface area (Å²) in [6.45, 7) is 0. The maximum Gasteiger partial charge on any atom is 0.181 e. The predicted molar refractivity (Wildman–Crippen MR) is 94.4 cm³/mol. The number of hydrogen-bond donors (Lipinski definition) is 2. The third-order valence-electron chi connectivity index (χ3n) is 4.20. The molecule has 2 N–H and O–H groups in total. The van der Waals surface area contributed by atoms with E-state index in [4.69, 9.17) is 0 Å². The Morgan fingerprint density at radius 3 is 2.71 bits per heavy atom. The number of fused-ring (bicyclic) bond motifs is 2. The highest BCUT2D eigenvalue weighted by Crippen LogP contribution is 2.30. The van der Waals surface area contributed by atoms with Gasteiger partial charge in [0.25, 0.3) is 0 Å². The van der Waals surface area contributed by atoms with Crippen molar-refractivity contribution in [3.8, 4) is 22.5 Å². The van der Waals surface area contributed by atoms with E-state index < -0.39 is 0 Å². The van der Waals surface area contributed by atoms with Crippen LogP contribution in [0.3, 0.4) is 0 Å². The zero-order chi connectivity index (χ0) is 15.9. The lowest BCUT2D eigenvalue weighted by atomic mass is 10.1. The molecule has 0 aliphatic heterocycles. The topological polar surface area (TPSA) is 70.2 Å². The van der Waals surface area contributed by atoms with E-state index in [1.165, 1.54) is 5.39 Å². The summed E-state index contributed by atoms with van der Waals surface area (Å²) in [6.07, 6.45) is 5.43. The van der Waals surface area contributed by atoms with Gasteiger partial charge >= 0.3 is 0 Å². The Labute approximate surface area is 137 Å². The lowest BCUT2D eigenvalue weighted by Crippen LogP contribution is -1.83. The van der Waals surface area contributed by atoms with Gasteiger partial charge in [-0.3, -0.25) is 10.1 Å². The molecule has 4 heterocycles. The van der Waals surface area contributed by atoms with Crippen LogP contribution in [-0.4, -0.2) is 25.1 Å². The number of hydrogen-bond acceptors (Lipinski definition) is 3. The monoisotopic (exact) mass is 311 g/mol. The summed E-state index contributed by atoms with van der Waals surface area (Å²) in [5.41, 5.74) is 5.82. The van der Waals surface area contributed by atoms with E-state index in [1.54, 1.807) is 6.20 Å². The summed E-state index contributed by atoms with van der Waals surface area (Å²) >= 11 is 0. The summed E-state index contributed by atoms with van der Waals surface area (Å²) in [7, 11) is 0. The van der Waals surface area contributed by atoms with Crippen LogP contribution in [0.5, 0.6) is 0 Å². The number of aromatic amines is 2. The molecule has 0 unspecified atom stereocenters. The third-order valence-corrected chi connectivity index (χ3v) is 4.20. The normalized spacial score (nSPS) is 11.3. The van der Waals surface area contributed by atoms with Gasteiger partial charge in [0, 0.05) is 46.0 Å². The molecule has 0 atom stereocenters. The fourth-order valence-corrected chi connectivity index (χ4v) is 3.00. The van der Waals surface area contributed by atoms with Gasteiger partial charge in [-0.25, -0.2) is 4.98 Å². The van der Waals surface area contributed by atoms with Crippen molar-refractivity contribution in [1.29, 1.82) is 0 Å². The minimum Gasteiger partial charge on any atom is -0.353 e. The molecule has 0 radical (unpaired) electrons. The fourth-order valence-electron chi connectivity index (χ4n) is 3.00. The molecule has 5 aromatic rings. The summed E-state index contributed by atoms with van der Waals surface area (Å²) in [6, 6.07) is 16.4. The Morgan fingerprint density at radius 1 is 0.875 bits per heavy atom. The molecule has 0 fully saturated rings. The van der Waals surface area contributed by atoms with Gasteiger partial charge in [0.05, 0.1) is 11.4 Å². The van der Waals surface area contributed by atoms with Crippen molar-refractivity contribution in [2.75, 3.05) is 0 Å². The Morgan fingerprint density at radius 2 is 1.83 bits per heavy atom. The number of rotatable bonds is 2. The van der Waals surface area contributed by atoms with Gasteiger partial charge in [-0.1, -0.05) is 24.3 Å². The van der Waals surface area contributed by atoms with Crippen molar-refractivity contribution in [1.82, 2.24) is 25.1 Å². The molecular weight excluding hydrogens is 298 g/mol. The number of nitrogens with zero attached hydrogens (tertiary/aromatic N) is 3. The number of H-pyrrole nitrogens is 2. The molecule has 0 saturated heterocycles.